The molecule has 0 atom stereocenters. The molecule has 0 spiro atoms. The first-order chi connectivity index (χ1) is 12.0. The van der Waals surface area contributed by atoms with E-state index in [4.69, 9.17) is 14.9 Å². The number of carbonyl (C=O) groups excluding carboxylic acids is 1. The van der Waals surface area contributed by atoms with Crippen LogP contribution in [0.1, 0.15) is 12.0 Å². The molecule has 0 radical (unpaired) electrons. The Bertz CT molecular complexity index is 755. The van der Waals surface area contributed by atoms with Gasteiger partial charge in [-0.3, -0.25) is 4.79 Å². The molecule has 0 aliphatic rings. The number of carboxylic acid groups (broad SMARTS) is 1. The van der Waals surface area contributed by atoms with Crippen LogP contribution in [0, 0.1) is 0 Å². The van der Waals surface area contributed by atoms with Gasteiger partial charge in [0.15, 0.2) is 0 Å². The summed E-state index contributed by atoms with van der Waals surface area (Å²) in [6.45, 7) is 0.367. The first-order valence-corrected chi connectivity index (χ1v) is 7.78. The molecule has 0 heterocycles. The average Bonchev–Trinajstić information content (AvgIpc) is 2.60. The van der Waals surface area contributed by atoms with Crippen molar-refractivity contribution < 1.29 is 24.5 Å². The summed E-state index contributed by atoms with van der Waals surface area (Å²) in [5.74, 6) is -1.66. The van der Waals surface area contributed by atoms with E-state index in [1.54, 1.807) is 0 Å². The van der Waals surface area contributed by atoms with Crippen LogP contribution in [0.5, 0.6) is 11.5 Å². The number of rotatable bonds is 8. The lowest BCUT2D eigenvalue weighted by Crippen LogP contribution is -2.23. The third-order valence-electron chi connectivity index (χ3n) is 3.31. The van der Waals surface area contributed by atoms with Gasteiger partial charge in [0.1, 0.15) is 11.5 Å². The fourth-order valence-electron chi connectivity index (χ4n) is 2.13. The third-order valence-corrected chi connectivity index (χ3v) is 3.31. The number of aliphatic hydroxyl groups is 1. The van der Waals surface area contributed by atoms with Crippen LogP contribution in [-0.4, -0.2) is 28.6 Å². The second kappa shape index (κ2) is 9.12. The highest BCUT2D eigenvalue weighted by atomic mass is 16.5. The first-order valence-electron chi connectivity index (χ1n) is 7.78. The number of ether oxygens (including phenoxy) is 1. The Morgan fingerprint density at radius 2 is 1.72 bits per heavy atom. The Morgan fingerprint density at radius 3 is 2.44 bits per heavy atom. The smallest absolute Gasteiger partial charge is 0.371 e. The molecule has 0 fully saturated rings. The highest BCUT2D eigenvalue weighted by Gasteiger charge is 2.06. The summed E-state index contributed by atoms with van der Waals surface area (Å²) in [5, 5.41) is 20.0. The Labute approximate surface area is 145 Å². The molecule has 0 aliphatic carbocycles. The molecule has 6 heteroatoms. The lowest BCUT2D eigenvalue weighted by Gasteiger charge is -2.08. The van der Waals surface area contributed by atoms with Crippen LogP contribution in [0.15, 0.2) is 66.4 Å². The van der Waals surface area contributed by atoms with Crippen LogP contribution in [-0.2, 0) is 16.0 Å². The van der Waals surface area contributed by atoms with Crippen LogP contribution in [0.4, 0.5) is 0 Å². The molecular formula is C19H19NO5. The molecular weight excluding hydrogens is 322 g/mol. The third kappa shape index (κ3) is 6.39. The Kier molecular flexibility index (Phi) is 6.59. The fourth-order valence-corrected chi connectivity index (χ4v) is 2.13. The number of para-hydroxylation sites is 1. The minimum absolute atomic E-state index is 0.367. The molecule has 2 aromatic carbocycles. The molecule has 0 unspecified atom stereocenters. The summed E-state index contributed by atoms with van der Waals surface area (Å²) in [7, 11) is 0. The highest BCUT2D eigenvalue weighted by molar-refractivity contribution is 5.95. The predicted octanol–water partition coefficient (Wildman–Crippen LogP) is 3.05. The van der Waals surface area contributed by atoms with Gasteiger partial charge in [-0.25, -0.2) is 4.79 Å². The zero-order chi connectivity index (χ0) is 18.1. The van der Waals surface area contributed by atoms with Crippen LogP contribution >= 0.6 is 0 Å². The topological polar surface area (TPSA) is 95.9 Å². The van der Waals surface area contributed by atoms with Gasteiger partial charge in [0, 0.05) is 6.54 Å². The summed E-state index contributed by atoms with van der Waals surface area (Å²) in [6.07, 6.45) is 2.04. The number of aliphatic hydroxyl groups excluding tert-OH is 1. The second-order valence-corrected chi connectivity index (χ2v) is 5.29. The minimum Gasteiger partial charge on any atom is -0.502 e. The average molecular weight is 341 g/mol. The highest BCUT2D eigenvalue weighted by Crippen LogP contribution is 2.22. The molecule has 0 saturated heterocycles. The number of aryl methyl sites for hydroxylation is 1. The monoisotopic (exact) mass is 341 g/mol. The van der Waals surface area contributed by atoms with Gasteiger partial charge >= 0.3 is 5.97 Å². The van der Waals surface area contributed by atoms with Crippen molar-refractivity contribution in [2.75, 3.05) is 6.54 Å². The maximum absolute atomic E-state index is 11.4. The minimum atomic E-state index is -1.54. The van der Waals surface area contributed by atoms with E-state index in [0.29, 0.717) is 19.0 Å². The van der Waals surface area contributed by atoms with E-state index in [0.717, 1.165) is 23.5 Å². The zero-order valence-electron chi connectivity index (χ0n) is 13.5. The van der Waals surface area contributed by atoms with Crippen molar-refractivity contribution in [3.63, 3.8) is 0 Å². The van der Waals surface area contributed by atoms with E-state index < -0.39 is 17.6 Å². The van der Waals surface area contributed by atoms with Crippen molar-refractivity contribution in [1.82, 2.24) is 5.32 Å². The molecule has 130 valence electrons. The first kappa shape index (κ1) is 18.1. The van der Waals surface area contributed by atoms with Gasteiger partial charge < -0.3 is 20.3 Å². The van der Waals surface area contributed by atoms with Gasteiger partial charge in [-0.2, -0.15) is 0 Å². The molecule has 0 aliphatic heterocycles. The van der Waals surface area contributed by atoms with Crippen LogP contribution in [0.2, 0.25) is 0 Å². The molecule has 2 rings (SSSR count). The van der Waals surface area contributed by atoms with Gasteiger partial charge in [-0.15, -0.1) is 0 Å². The van der Waals surface area contributed by atoms with E-state index >= 15 is 0 Å². The molecule has 25 heavy (non-hydrogen) atoms. The summed E-state index contributed by atoms with van der Waals surface area (Å²) in [4.78, 5) is 21.8. The molecule has 2 aromatic rings. The SMILES string of the molecule is O=C(/C=C(\O)C(=O)O)NCCCc1cccc(Oc2ccccc2)c1. The van der Waals surface area contributed by atoms with Crippen molar-refractivity contribution >= 4 is 11.9 Å². The predicted molar refractivity (Wildman–Crippen MR) is 92.6 cm³/mol. The number of carboxylic acids is 1. The van der Waals surface area contributed by atoms with E-state index in [-0.39, 0.29) is 0 Å². The van der Waals surface area contributed by atoms with Crippen molar-refractivity contribution in [3.8, 4) is 11.5 Å². The van der Waals surface area contributed by atoms with E-state index in [9.17, 15) is 9.59 Å². The van der Waals surface area contributed by atoms with Crippen LogP contribution in [0.3, 0.4) is 0 Å². The number of aliphatic carboxylic acids is 1. The molecule has 3 N–H and O–H groups in total. The summed E-state index contributed by atoms with van der Waals surface area (Å²) >= 11 is 0. The number of benzene rings is 2. The van der Waals surface area contributed by atoms with Crippen molar-refractivity contribution in [1.29, 1.82) is 0 Å². The van der Waals surface area contributed by atoms with Gasteiger partial charge in [-0.05, 0) is 42.7 Å². The molecule has 0 bridgehead atoms. The lowest BCUT2D eigenvalue weighted by molar-refractivity contribution is -0.136. The van der Waals surface area contributed by atoms with Gasteiger partial charge in [0.05, 0.1) is 6.08 Å². The standard InChI is InChI=1S/C19H19NO5/c21-17(19(23)24)13-18(22)20-11-5-7-14-6-4-10-16(12-14)25-15-8-2-1-3-9-15/h1-4,6,8-10,12-13,21H,5,7,11H2,(H,20,22)(H,23,24)/b17-13-. The Balaban J connectivity index is 1.80. The number of amides is 1. The number of nitrogens with one attached hydrogen (secondary N) is 1. The summed E-state index contributed by atoms with van der Waals surface area (Å²) in [5.41, 5.74) is 1.06. The van der Waals surface area contributed by atoms with Crippen molar-refractivity contribution in [2.24, 2.45) is 0 Å². The maximum atomic E-state index is 11.4. The molecule has 1 amide bonds. The van der Waals surface area contributed by atoms with Crippen LogP contribution in [0.25, 0.3) is 0 Å². The van der Waals surface area contributed by atoms with E-state index in [2.05, 4.69) is 5.32 Å². The largest absolute Gasteiger partial charge is 0.502 e. The van der Waals surface area contributed by atoms with Gasteiger partial charge in [-0.1, -0.05) is 30.3 Å². The van der Waals surface area contributed by atoms with E-state index in [1.165, 1.54) is 0 Å². The van der Waals surface area contributed by atoms with Crippen LogP contribution < -0.4 is 10.1 Å². The second-order valence-electron chi connectivity index (χ2n) is 5.29. The summed E-state index contributed by atoms with van der Waals surface area (Å²) < 4.78 is 5.77. The lowest BCUT2D eigenvalue weighted by atomic mass is 10.1. The van der Waals surface area contributed by atoms with Crippen molar-refractivity contribution in [3.05, 3.63) is 72.0 Å². The zero-order valence-corrected chi connectivity index (χ0v) is 13.5. The number of carbonyl (C=O) groups is 2. The van der Waals surface area contributed by atoms with E-state index in [1.807, 2.05) is 54.6 Å². The van der Waals surface area contributed by atoms with Gasteiger partial charge in [0.25, 0.3) is 0 Å². The molecule has 0 saturated carbocycles. The maximum Gasteiger partial charge on any atom is 0.371 e. The Morgan fingerprint density at radius 1 is 1.00 bits per heavy atom. The number of hydrogen-bond donors (Lipinski definition) is 3. The molecule has 0 aromatic heterocycles. The number of hydrogen-bond acceptors (Lipinski definition) is 4. The molecule has 6 nitrogen and oxygen atoms in total. The fraction of sp³-hybridized carbons (Fsp3) is 0.158. The quantitative estimate of drug-likeness (QED) is 0.390. The normalized spacial score (nSPS) is 11.0. The van der Waals surface area contributed by atoms with Gasteiger partial charge in [0.2, 0.25) is 11.7 Å². The summed E-state index contributed by atoms with van der Waals surface area (Å²) in [6, 6.07) is 17.2. The van der Waals surface area contributed by atoms with Crippen molar-refractivity contribution in [2.45, 2.75) is 12.8 Å². The Hall–Kier alpha value is -3.28.